The molecule has 0 aliphatic heterocycles. The van der Waals surface area contributed by atoms with Gasteiger partial charge >= 0.3 is 6.16 Å². The van der Waals surface area contributed by atoms with Crippen LogP contribution in [0.2, 0.25) is 0 Å². The molecule has 2 rings (SSSR count). The fourth-order valence-electron chi connectivity index (χ4n) is 1.02. The molecule has 0 aliphatic carbocycles. The van der Waals surface area contributed by atoms with Gasteiger partial charge in [-0.2, -0.15) is 0 Å². The van der Waals surface area contributed by atoms with Gasteiger partial charge < -0.3 is 9.84 Å². The maximum atomic E-state index is 10.2. The number of carboxylic acid groups (broad SMARTS) is 1. The zero-order valence-electron chi connectivity index (χ0n) is 6.91. The zero-order chi connectivity index (χ0) is 9.97. The monoisotopic (exact) mass is 191 g/mol. The normalized spacial score (nSPS) is 10.0. The average Bonchev–Trinajstić information content (AvgIpc) is 2.17. The molecule has 1 N–H and O–H groups in total. The van der Waals surface area contributed by atoms with Crippen LogP contribution in [0.3, 0.4) is 0 Å². The molecule has 0 amide bonds. The molecule has 6 nitrogen and oxygen atoms in total. The third-order valence-corrected chi connectivity index (χ3v) is 1.54. The van der Waals surface area contributed by atoms with Crippen molar-refractivity contribution in [1.82, 2.24) is 15.0 Å². The van der Waals surface area contributed by atoms with Crippen molar-refractivity contribution < 1.29 is 14.6 Å². The number of ether oxygens (including phenoxy) is 1. The van der Waals surface area contributed by atoms with Gasteiger partial charge in [0.2, 0.25) is 0 Å². The van der Waals surface area contributed by atoms with Crippen molar-refractivity contribution in [2.45, 2.75) is 0 Å². The summed E-state index contributed by atoms with van der Waals surface area (Å²) >= 11 is 0. The van der Waals surface area contributed by atoms with Gasteiger partial charge in [-0.25, -0.2) is 19.7 Å². The molecular formula is C8H5N3O3. The summed E-state index contributed by atoms with van der Waals surface area (Å²) in [7, 11) is 0. The highest BCUT2D eigenvalue weighted by atomic mass is 16.7. The molecule has 14 heavy (non-hydrogen) atoms. The Morgan fingerprint density at radius 1 is 1.36 bits per heavy atom. The van der Waals surface area contributed by atoms with Crippen molar-refractivity contribution in [3.8, 4) is 5.75 Å². The van der Waals surface area contributed by atoms with Crippen LogP contribution in [0.4, 0.5) is 4.79 Å². The highest BCUT2D eigenvalue weighted by Gasteiger charge is 2.03. The minimum atomic E-state index is -1.37. The van der Waals surface area contributed by atoms with Crippen LogP contribution < -0.4 is 4.74 Å². The van der Waals surface area contributed by atoms with Crippen molar-refractivity contribution in [2.24, 2.45) is 0 Å². The summed E-state index contributed by atoms with van der Waals surface area (Å²) in [5, 5.41) is 8.99. The first-order valence-corrected chi connectivity index (χ1v) is 3.72. The van der Waals surface area contributed by atoms with E-state index in [1.807, 2.05) is 0 Å². The van der Waals surface area contributed by atoms with E-state index >= 15 is 0 Å². The van der Waals surface area contributed by atoms with Crippen LogP contribution in [-0.2, 0) is 0 Å². The van der Waals surface area contributed by atoms with Gasteiger partial charge in [0.25, 0.3) is 0 Å². The highest BCUT2D eigenvalue weighted by Crippen LogP contribution is 2.15. The SMILES string of the molecule is O=C(O)Oc1cnc2ncncc2c1. The standard InChI is InChI=1S/C8H5N3O3/c12-8(13)14-6-1-5-2-9-4-11-7(5)10-3-6/h1-4H,(H,12,13). The molecule has 0 unspecified atom stereocenters. The summed E-state index contributed by atoms with van der Waals surface area (Å²) in [6, 6.07) is 1.51. The van der Waals surface area contributed by atoms with Gasteiger partial charge in [0.15, 0.2) is 11.4 Å². The van der Waals surface area contributed by atoms with Gasteiger partial charge in [0, 0.05) is 11.6 Å². The number of hydrogen-bond acceptors (Lipinski definition) is 5. The maximum Gasteiger partial charge on any atom is 0.511 e. The Labute approximate surface area is 78.2 Å². The molecular weight excluding hydrogens is 186 g/mol. The third-order valence-electron chi connectivity index (χ3n) is 1.54. The molecule has 0 bridgehead atoms. The van der Waals surface area contributed by atoms with Gasteiger partial charge in [0.1, 0.15) is 6.33 Å². The number of nitrogens with zero attached hydrogens (tertiary/aromatic N) is 3. The number of fused-ring (bicyclic) bond motifs is 1. The van der Waals surface area contributed by atoms with Gasteiger partial charge in [0.05, 0.1) is 6.20 Å². The number of carbonyl (C=O) groups is 1. The maximum absolute atomic E-state index is 10.2. The molecule has 2 aromatic rings. The van der Waals surface area contributed by atoms with E-state index in [0.29, 0.717) is 11.0 Å². The molecule has 0 saturated carbocycles. The Kier molecular flexibility index (Phi) is 1.94. The van der Waals surface area contributed by atoms with Crippen LogP contribution in [0.5, 0.6) is 5.75 Å². The van der Waals surface area contributed by atoms with Gasteiger partial charge in [-0.15, -0.1) is 0 Å². The molecule has 70 valence electrons. The van der Waals surface area contributed by atoms with E-state index in [0.717, 1.165) is 0 Å². The highest BCUT2D eigenvalue weighted by molar-refractivity contribution is 5.75. The Bertz CT molecular complexity index is 486. The van der Waals surface area contributed by atoms with Crippen molar-refractivity contribution in [3.05, 3.63) is 24.8 Å². The van der Waals surface area contributed by atoms with E-state index in [4.69, 9.17) is 5.11 Å². The Morgan fingerprint density at radius 3 is 3.00 bits per heavy atom. The van der Waals surface area contributed by atoms with E-state index < -0.39 is 6.16 Å². The second-order valence-electron chi connectivity index (χ2n) is 2.47. The van der Waals surface area contributed by atoms with Crippen molar-refractivity contribution in [3.63, 3.8) is 0 Å². The van der Waals surface area contributed by atoms with Crippen molar-refractivity contribution in [2.75, 3.05) is 0 Å². The van der Waals surface area contributed by atoms with Crippen LogP contribution in [0.25, 0.3) is 11.0 Å². The van der Waals surface area contributed by atoms with Crippen LogP contribution >= 0.6 is 0 Å². The first-order chi connectivity index (χ1) is 6.75. The first-order valence-electron chi connectivity index (χ1n) is 3.72. The average molecular weight is 191 g/mol. The van der Waals surface area contributed by atoms with Gasteiger partial charge in [-0.3, -0.25) is 0 Å². The molecule has 0 radical (unpaired) electrons. The van der Waals surface area contributed by atoms with Crippen LogP contribution in [-0.4, -0.2) is 26.2 Å². The molecule has 2 aromatic heterocycles. The summed E-state index contributed by atoms with van der Waals surface area (Å²) in [6.45, 7) is 0. The molecule has 2 heterocycles. The molecule has 0 spiro atoms. The van der Waals surface area contributed by atoms with E-state index in [2.05, 4.69) is 19.7 Å². The van der Waals surface area contributed by atoms with Crippen LogP contribution in [0.15, 0.2) is 24.8 Å². The topological polar surface area (TPSA) is 85.2 Å². The second kappa shape index (κ2) is 3.25. The minimum Gasteiger partial charge on any atom is -0.449 e. The fraction of sp³-hybridized carbons (Fsp3) is 0. The number of rotatable bonds is 1. The Hall–Kier alpha value is -2.24. The van der Waals surface area contributed by atoms with E-state index in [1.165, 1.54) is 24.8 Å². The Balaban J connectivity index is 2.46. The van der Waals surface area contributed by atoms with Crippen LogP contribution in [0.1, 0.15) is 0 Å². The minimum absolute atomic E-state index is 0.153. The smallest absolute Gasteiger partial charge is 0.449 e. The lowest BCUT2D eigenvalue weighted by Crippen LogP contribution is -2.03. The first kappa shape index (κ1) is 8.36. The largest absolute Gasteiger partial charge is 0.511 e. The van der Waals surface area contributed by atoms with E-state index in [1.54, 1.807) is 0 Å². The van der Waals surface area contributed by atoms with E-state index in [9.17, 15) is 4.79 Å². The molecule has 0 saturated heterocycles. The molecule has 0 fully saturated rings. The fourth-order valence-corrected chi connectivity index (χ4v) is 1.02. The lowest BCUT2D eigenvalue weighted by molar-refractivity contribution is 0.144. The lowest BCUT2D eigenvalue weighted by Gasteiger charge is -1.99. The lowest BCUT2D eigenvalue weighted by atomic mass is 10.3. The van der Waals surface area contributed by atoms with Gasteiger partial charge in [-0.05, 0) is 6.07 Å². The zero-order valence-corrected chi connectivity index (χ0v) is 6.91. The summed E-state index contributed by atoms with van der Waals surface area (Å²) < 4.78 is 4.42. The summed E-state index contributed by atoms with van der Waals surface area (Å²) in [4.78, 5) is 21.8. The summed E-state index contributed by atoms with van der Waals surface area (Å²) in [5.74, 6) is 0.153. The number of hydrogen-bond donors (Lipinski definition) is 1. The number of pyridine rings is 1. The molecule has 6 heteroatoms. The summed E-state index contributed by atoms with van der Waals surface area (Å²) in [5.41, 5.74) is 0.498. The van der Waals surface area contributed by atoms with Crippen LogP contribution in [0, 0.1) is 0 Å². The quantitative estimate of drug-likeness (QED) is 0.679. The van der Waals surface area contributed by atoms with Crippen molar-refractivity contribution in [1.29, 1.82) is 0 Å². The summed E-state index contributed by atoms with van der Waals surface area (Å²) in [6.07, 6.45) is 2.82. The molecule has 0 aromatic carbocycles. The predicted molar refractivity (Wildman–Crippen MR) is 46.0 cm³/mol. The molecule has 0 atom stereocenters. The Morgan fingerprint density at radius 2 is 2.21 bits per heavy atom. The van der Waals surface area contributed by atoms with Crippen molar-refractivity contribution >= 4 is 17.2 Å². The number of aromatic nitrogens is 3. The molecule has 0 aliphatic rings. The second-order valence-corrected chi connectivity index (χ2v) is 2.47. The van der Waals surface area contributed by atoms with Gasteiger partial charge in [-0.1, -0.05) is 0 Å². The van der Waals surface area contributed by atoms with E-state index in [-0.39, 0.29) is 5.75 Å². The predicted octanol–water partition coefficient (Wildman–Crippen LogP) is 1.08. The third kappa shape index (κ3) is 1.58.